The molecule has 17 heavy (non-hydrogen) atoms. The maximum Gasteiger partial charge on any atom is 0.211 e. The van der Waals surface area contributed by atoms with E-state index in [9.17, 15) is 8.42 Å². The van der Waals surface area contributed by atoms with Gasteiger partial charge in [0.15, 0.2) is 0 Å². The fraction of sp³-hybridized carbons (Fsp3) is 1.00. The Balaban J connectivity index is 1.58. The quantitative estimate of drug-likeness (QED) is 0.655. The van der Waals surface area contributed by atoms with Crippen LogP contribution in [0.3, 0.4) is 0 Å². The highest BCUT2D eigenvalue weighted by molar-refractivity contribution is 7.89. The molecule has 0 atom stereocenters. The third-order valence-corrected chi connectivity index (χ3v) is 4.87. The SMILES string of the molecule is O=S(=O)(CCC1CC1)NCCN1CCNCC1. The van der Waals surface area contributed by atoms with Crippen LogP contribution in [0, 0.1) is 5.92 Å². The largest absolute Gasteiger partial charge is 0.314 e. The van der Waals surface area contributed by atoms with Crippen molar-refractivity contribution in [3.8, 4) is 0 Å². The zero-order chi connectivity index (χ0) is 12.1. The summed E-state index contributed by atoms with van der Waals surface area (Å²) in [5.74, 6) is 0.985. The minimum Gasteiger partial charge on any atom is -0.314 e. The van der Waals surface area contributed by atoms with E-state index >= 15 is 0 Å². The molecule has 2 aliphatic rings. The van der Waals surface area contributed by atoms with Crippen LogP contribution in [0.15, 0.2) is 0 Å². The molecule has 0 spiro atoms. The number of nitrogens with one attached hydrogen (secondary N) is 2. The van der Waals surface area contributed by atoms with E-state index in [1.807, 2.05) is 0 Å². The Bertz CT molecular complexity index is 322. The Kier molecular flexibility index (Phi) is 4.78. The Hall–Kier alpha value is -0.170. The molecule has 0 radical (unpaired) electrons. The van der Waals surface area contributed by atoms with Crippen LogP contribution in [0.1, 0.15) is 19.3 Å². The van der Waals surface area contributed by atoms with E-state index in [1.165, 1.54) is 12.8 Å². The lowest BCUT2D eigenvalue weighted by Gasteiger charge is -2.27. The summed E-state index contributed by atoms with van der Waals surface area (Å²) in [4.78, 5) is 2.29. The molecular formula is C11H23N3O2S. The van der Waals surface area contributed by atoms with Crippen LogP contribution >= 0.6 is 0 Å². The minimum absolute atomic E-state index is 0.305. The van der Waals surface area contributed by atoms with Crippen LogP contribution in [0.5, 0.6) is 0 Å². The van der Waals surface area contributed by atoms with Gasteiger partial charge in [0.2, 0.25) is 10.0 Å². The first-order chi connectivity index (χ1) is 8.16. The topological polar surface area (TPSA) is 61.4 Å². The lowest BCUT2D eigenvalue weighted by Crippen LogP contribution is -2.46. The predicted octanol–water partition coefficient (Wildman–Crippen LogP) is -0.389. The number of piperazine rings is 1. The van der Waals surface area contributed by atoms with E-state index in [4.69, 9.17) is 0 Å². The first-order valence-electron chi connectivity index (χ1n) is 6.56. The molecule has 100 valence electrons. The summed E-state index contributed by atoms with van der Waals surface area (Å²) in [7, 11) is -3.03. The van der Waals surface area contributed by atoms with E-state index in [-0.39, 0.29) is 0 Å². The van der Waals surface area contributed by atoms with Crippen LogP contribution in [0.25, 0.3) is 0 Å². The zero-order valence-electron chi connectivity index (χ0n) is 10.3. The molecule has 0 aromatic heterocycles. The van der Waals surface area contributed by atoms with Gasteiger partial charge >= 0.3 is 0 Å². The predicted molar refractivity (Wildman–Crippen MR) is 68.4 cm³/mol. The Morgan fingerprint density at radius 3 is 2.59 bits per heavy atom. The normalized spacial score (nSPS) is 22.8. The number of rotatable bonds is 7. The van der Waals surface area contributed by atoms with Crippen molar-refractivity contribution in [1.82, 2.24) is 14.9 Å². The molecule has 1 aliphatic heterocycles. The monoisotopic (exact) mass is 261 g/mol. The second-order valence-electron chi connectivity index (χ2n) is 5.04. The third-order valence-electron chi connectivity index (χ3n) is 3.45. The maximum atomic E-state index is 11.7. The highest BCUT2D eigenvalue weighted by Gasteiger charge is 2.23. The van der Waals surface area contributed by atoms with Gasteiger partial charge in [-0.15, -0.1) is 0 Å². The fourth-order valence-corrected chi connectivity index (χ4v) is 3.28. The number of nitrogens with zero attached hydrogens (tertiary/aromatic N) is 1. The molecule has 1 saturated heterocycles. The van der Waals surface area contributed by atoms with Crippen LogP contribution in [-0.2, 0) is 10.0 Å². The molecule has 5 nitrogen and oxygen atoms in total. The van der Waals surface area contributed by atoms with Gasteiger partial charge in [-0.25, -0.2) is 13.1 Å². The summed E-state index contributed by atoms with van der Waals surface area (Å²) in [6.45, 7) is 5.42. The molecule has 1 heterocycles. The highest BCUT2D eigenvalue weighted by atomic mass is 32.2. The molecule has 1 saturated carbocycles. The first-order valence-corrected chi connectivity index (χ1v) is 8.21. The molecule has 0 amide bonds. The van der Waals surface area contributed by atoms with E-state index in [0.29, 0.717) is 18.2 Å². The summed E-state index contributed by atoms with van der Waals surface area (Å²) >= 11 is 0. The van der Waals surface area contributed by atoms with Gasteiger partial charge in [-0.05, 0) is 12.3 Å². The second-order valence-corrected chi connectivity index (χ2v) is 6.96. The molecule has 2 rings (SSSR count). The number of hydrogen-bond donors (Lipinski definition) is 2. The lowest BCUT2D eigenvalue weighted by atomic mass is 10.3. The van der Waals surface area contributed by atoms with Crippen molar-refractivity contribution < 1.29 is 8.42 Å². The summed E-state index contributed by atoms with van der Waals surface area (Å²) in [6, 6.07) is 0. The molecule has 6 heteroatoms. The lowest BCUT2D eigenvalue weighted by molar-refractivity contribution is 0.245. The molecule has 0 unspecified atom stereocenters. The van der Waals surface area contributed by atoms with Gasteiger partial charge in [0.25, 0.3) is 0 Å². The van der Waals surface area contributed by atoms with Gasteiger partial charge in [0.1, 0.15) is 0 Å². The van der Waals surface area contributed by atoms with Gasteiger partial charge in [-0.1, -0.05) is 12.8 Å². The molecule has 2 fully saturated rings. The molecule has 0 aromatic rings. The van der Waals surface area contributed by atoms with Crippen molar-refractivity contribution in [1.29, 1.82) is 0 Å². The summed E-state index contributed by atoms with van der Waals surface area (Å²) in [5.41, 5.74) is 0. The van der Waals surface area contributed by atoms with Crippen molar-refractivity contribution >= 4 is 10.0 Å². The van der Waals surface area contributed by atoms with Crippen molar-refractivity contribution in [3.63, 3.8) is 0 Å². The van der Waals surface area contributed by atoms with Crippen LogP contribution in [-0.4, -0.2) is 58.3 Å². The zero-order valence-corrected chi connectivity index (χ0v) is 11.1. The van der Waals surface area contributed by atoms with E-state index < -0.39 is 10.0 Å². The van der Waals surface area contributed by atoms with Crippen LogP contribution in [0.4, 0.5) is 0 Å². The van der Waals surface area contributed by atoms with Gasteiger partial charge in [0.05, 0.1) is 5.75 Å². The molecule has 1 aliphatic carbocycles. The Labute approximate surface area is 104 Å². The van der Waals surface area contributed by atoms with Crippen molar-refractivity contribution in [2.45, 2.75) is 19.3 Å². The average molecular weight is 261 g/mol. The molecule has 0 aromatic carbocycles. The molecule has 2 N–H and O–H groups in total. The smallest absolute Gasteiger partial charge is 0.211 e. The van der Waals surface area contributed by atoms with Crippen molar-refractivity contribution in [2.24, 2.45) is 5.92 Å². The standard InChI is InChI=1S/C11H23N3O2S/c15-17(16,10-3-11-1-2-11)13-6-9-14-7-4-12-5-8-14/h11-13H,1-10H2. The second kappa shape index (κ2) is 6.13. The first kappa shape index (κ1) is 13.3. The molecular weight excluding hydrogens is 238 g/mol. The number of sulfonamides is 1. The van der Waals surface area contributed by atoms with Gasteiger partial charge in [-0.2, -0.15) is 0 Å². The summed E-state index contributed by atoms with van der Waals surface area (Å²) < 4.78 is 26.0. The van der Waals surface area contributed by atoms with Crippen molar-refractivity contribution in [3.05, 3.63) is 0 Å². The minimum atomic E-state index is -3.03. The average Bonchev–Trinajstić information content (AvgIpc) is 3.12. The van der Waals surface area contributed by atoms with E-state index in [0.717, 1.165) is 39.1 Å². The van der Waals surface area contributed by atoms with E-state index in [2.05, 4.69) is 14.9 Å². The van der Waals surface area contributed by atoms with E-state index in [1.54, 1.807) is 0 Å². The fourth-order valence-electron chi connectivity index (χ4n) is 2.09. The van der Waals surface area contributed by atoms with Gasteiger partial charge in [-0.3, -0.25) is 4.90 Å². The van der Waals surface area contributed by atoms with Gasteiger partial charge in [0, 0.05) is 39.3 Å². The third kappa shape index (κ3) is 5.33. The molecule has 0 bridgehead atoms. The summed E-state index contributed by atoms with van der Waals surface area (Å²) in [6.07, 6.45) is 3.27. The van der Waals surface area contributed by atoms with Gasteiger partial charge < -0.3 is 5.32 Å². The van der Waals surface area contributed by atoms with Crippen LogP contribution < -0.4 is 10.0 Å². The number of hydrogen-bond acceptors (Lipinski definition) is 4. The Morgan fingerprint density at radius 2 is 1.94 bits per heavy atom. The summed E-state index contributed by atoms with van der Waals surface area (Å²) in [5, 5.41) is 3.28. The highest BCUT2D eigenvalue weighted by Crippen LogP contribution is 2.32. The Morgan fingerprint density at radius 1 is 1.24 bits per heavy atom. The maximum absolute atomic E-state index is 11.7. The van der Waals surface area contributed by atoms with Crippen LogP contribution in [0.2, 0.25) is 0 Å². The van der Waals surface area contributed by atoms with Crippen molar-refractivity contribution in [2.75, 3.05) is 45.0 Å².